The predicted molar refractivity (Wildman–Crippen MR) is 59.9 cm³/mol. The molecule has 2 atom stereocenters. The number of benzene rings is 1. The average Bonchev–Trinajstić information content (AvgIpc) is 2.25. The van der Waals surface area contributed by atoms with Gasteiger partial charge in [-0.25, -0.2) is 0 Å². The molecule has 96 valence electrons. The molecule has 6 heteroatoms. The lowest BCUT2D eigenvalue weighted by Crippen LogP contribution is -2.39. The number of alkyl halides is 3. The standard InChI is InChI=1S/C11H13ClF3NO/c1-7(8-2-4-9(12)5-3-8)16-6-10(17)11(13,14)15/h2-5,7,10,16-17H,6H2,1H3/t7-,10?/m0/s1. The third-order valence-corrected chi connectivity index (χ3v) is 2.62. The maximum Gasteiger partial charge on any atom is 0.415 e. The Morgan fingerprint density at radius 2 is 1.82 bits per heavy atom. The molecule has 0 aliphatic heterocycles. The molecule has 1 rings (SSSR count). The van der Waals surface area contributed by atoms with Gasteiger partial charge in [0.05, 0.1) is 0 Å². The highest BCUT2D eigenvalue weighted by Crippen LogP contribution is 2.21. The molecule has 0 saturated heterocycles. The third kappa shape index (κ3) is 4.53. The van der Waals surface area contributed by atoms with Crippen LogP contribution in [0.25, 0.3) is 0 Å². The van der Waals surface area contributed by atoms with E-state index >= 15 is 0 Å². The summed E-state index contributed by atoms with van der Waals surface area (Å²) >= 11 is 5.69. The Hall–Kier alpha value is -0.780. The Morgan fingerprint density at radius 1 is 1.29 bits per heavy atom. The maximum atomic E-state index is 12.0. The first-order valence-corrected chi connectivity index (χ1v) is 5.42. The van der Waals surface area contributed by atoms with Gasteiger partial charge in [0.25, 0.3) is 0 Å². The smallest absolute Gasteiger partial charge is 0.382 e. The van der Waals surface area contributed by atoms with E-state index in [1.807, 2.05) is 0 Å². The Balaban J connectivity index is 2.50. The highest BCUT2D eigenvalue weighted by molar-refractivity contribution is 6.30. The Kier molecular flexibility index (Phi) is 4.80. The van der Waals surface area contributed by atoms with E-state index in [-0.39, 0.29) is 6.04 Å². The number of aliphatic hydroxyl groups excluding tert-OH is 1. The molecule has 17 heavy (non-hydrogen) atoms. The van der Waals surface area contributed by atoms with Crippen LogP contribution in [0.5, 0.6) is 0 Å². The van der Waals surface area contributed by atoms with Gasteiger partial charge in [-0.3, -0.25) is 0 Å². The topological polar surface area (TPSA) is 32.3 Å². The molecule has 1 unspecified atom stereocenters. The molecule has 0 aliphatic carbocycles. The fraction of sp³-hybridized carbons (Fsp3) is 0.455. The molecule has 1 aromatic rings. The summed E-state index contributed by atoms with van der Waals surface area (Å²) in [6.45, 7) is 1.18. The molecule has 0 aromatic heterocycles. The number of rotatable bonds is 4. The molecule has 2 N–H and O–H groups in total. The summed E-state index contributed by atoms with van der Waals surface area (Å²) in [5.41, 5.74) is 0.809. The number of nitrogens with one attached hydrogen (secondary N) is 1. The van der Waals surface area contributed by atoms with Crippen molar-refractivity contribution in [1.29, 1.82) is 0 Å². The zero-order chi connectivity index (χ0) is 13.1. The Morgan fingerprint density at radius 3 is 2.29 bits per heavy atom. The van der Waals surface area contributed by atoms with Crippen molar-refractivity contribution in [3.63, 3.8) is 0 Å². The van der Waals surface area contributed by atoms with Crippen molar-refractivity contribution in [1.82, 2.24) is 5.32 Å². The lowest BCUT2D eigenvalue weighted by atomic mass is 10.1. The van der Waals surface area contributed by atoms with E-state index in [4.69, 9.17) is 16.7 Å². The fourth-order valence-electron chi connectivity index (χ4n) is 1.27. The number of hydrogen-bond acceptors (Lipinski definition) is 2. The molecule has 0 aliphatic rings. The molecule has 0 spiro atoms. The van der Waals surface area contributed by atoms with Crippen LogP contribution in [0.1, 0.15) is 18.5 Å². The second kappa shape index (κ2) is 5.71. The van der Waals surface area contributed by atoms with Gasteiger partial charge < -0.3 is 10.4 Å². The van der Waals surface area contributed by atoms with Crippen LogP contribution in [0, 0.1) is 0 Å². The molecule has 0 saturated carbocycles. The van der Waals surface area contributed by atoms with Gasteiger partial charge in [-0.2, -0.15) is 13.2 Å². The molecule has 2 nitrogen and oxygen atoms in total. The van der Waals surface area contributed by atoms with Crippen LogP contribution in [-0.4, -0.2) is 23.9 Å². The van der Waals surface area contributed by atoms with Gasteiger partial charge in [-0.1, -0.05) is 23.7 Å². The van der Waals surface area contributed by atoms with Crippen LogP contribution in [0.3, 0.4) is 0 Å². The number of halogens is 4. The van der Waals surface area contributed by atoms with Crippen molar-refractivity contribution in [2.45, 2.75) is 25.2 Å². The second-order valence-electron chi connectivity index (χ2n) is 3.74. The second-order valence-corrected chi connectivity index (χ2v) is 4.18. The lowest BCUT2D eigenvalue weighted by Gasteiger charge is -2.19. The SMILES string of the molecule is C[C@H](NCC(O)C(F)(F)F)c1ccc(Cl)cc1. The summed E-state index contributed by atoms with van der Waals surface area (Å²) in [7, 11) is 0. The summed E-state index contributed by atoms with van der Waals surface area (Å²) in [5.74, 6) is 0. The third-order valence-electron chi connectivity index (χ3n) is 2.37. The fourth-order valence-corrected chi connectivity index (χ4v) is 1.40. The zero-order valence-electron chi connectivity index (χ0n) is 9.13. The monoisotopic (exact) mass is 267 g/mol. The van der Waals surface area contributed by atoms with Gasteiger partial charge in [0.15, 0.2) is 6.10 Å². The Bertz CT molecular complexity index is 353. The normalized spacial score (nSPS) is 15.6. The molecule has 1 aromatic carbocycles. The van der Waals surface area contributed by atoms with E-state index in [9.17, 15) is 13.2 Å². The first-order chi connectivity index (χ1) is 7.80. The van der Waals surface area contributed by atoms with E-state index in [2.05, 4.69) is 5.32 Å². The minimum atomic E-state index is -4.59. The van der Waals surface area contributed by atoms with Gasteiger partial charge in [-0.15, -0.1) is 0 Å². The van der Waals surface area contributed by atoms with Crippen LogP contribution in [0.4, 0.5) is 13.2 Å². The van der Waals surface area contributed by atoms with Crippen LogP contribution < -0.4 is 5.32 Å². The van der Waals surface area contributed by atoms with Crippen molar-refractivity contribution in [3.8, 4) is 0 Å². The summed E-state index contributed by atoms with van der Waals surface area (Å²) in [6.07, 6.45) is -6.94. The summed E-state index contributed by atoms with van der Waals surface area (Å²) in [5, 5.41) is 12.0. The maximum absolute atomic E-state index is 12.0. The lowest BCUT2D eigenvalue weighted by molar-refractivity contribution is -0.202. The van der Waals surface area contributed by atoms with E-state index in [0.29, 0.717) is 5.02 Å². The molecular formula is C11H13ClF3NO. The average molecular weight is 268 g/mol. The molecule has 0 radical (unpaired) electrons. The van der Waals surface area contributed by atoms with Gasteiger partial charge >= 0.3 is 6.18 Å². The quantitative estimate of drug-likeness (QED) is 0.879. The van der Waals surface area contributed by atoms with Gasteiger partial charge in [0, 0.05) is 17.6 Å². The van der Waals surface area contributed by atoms with Gasteiger partial charge in [-0.05, 0) is 24.6 Å². The highest BCUT2D eigenvalue weighted by Gasteiger charge is 2.37. The summed E-state index contributed by atoms with van der Waals surface area (Å²) < 4.78 is 36.1. The minimum absolute atomic E-state index is 0.288. The summed E-state index contributed by atoms with van der Waals surface area (Å²) in [4.78, 5) is 0. The van der Waals surface area contributed by atoms with Crippen molar-refractivity contribution >= 4 is 11.6 Å². The van der Waals surface area contributed by atoms with Crippen molar-refractivity contribution in [2.24, 2.45) is 0 Å². The van der Waals surface area contributed by atoms with Gasteiger partial charge in [0.1, 0.15) is 0 Å². The molecule has 0 amide bonds. The van der Waals surface area contributed by atoms with E-state index in [1.165, 1.54) is 0 Å². The van der Waals surface area contributed by atoms with Crippen LogP contribution >= 0.6 is 11.6 Å². The van der Waals surface area contributed by atoms with E-state index < -0.39 is 18.8 Å². The van der Waals surface area contributed by atoms with Crippen LogP contribution in [-0.2, 0) is 0 Å². The zero-order valence-corrected chi connectivity index (χ0v) is 9.89. The first kappa shape index (κ1) is 14.3. The van der Waals surface area contributed by atoms with Crippen LogP contribution in [0.15, 0.2) is 24.3 Å². The van der Waals surface area contributed by atoms with Crippen molar-refractivity contribution < 1.29 is 18.3 Å². The Labute approximate surface area is 102 Å². The molecule has 0 heterocycles. The largest absolute Gasteiger partial charge is 0.415 e. The minimum Gasteiger partial charge on any atom is -0.382 e. The van der Waals surface area contributed by atoms with Crippen LogP contribution in [0.2, 0.25) is 5.02 Å². The number of hydrogen-bond donors (Lipinski definition) is 2. The highest BCUT2D eigenvalue weighted by atomic mass is 35.5. The van der Waals surface area contributed by atoms with E-state index in [0.717, 1.165) is 5.56 Å². The van der Waals surface area contributed by atoms with E-state index in [1.54, 1.807) is 31.2 Å². The molecule has 0 bridgehead atoms. The van der Waals surface area contributed by atoms with Gasteiger partial charge in [0.2, 0.25) is 0 Å². The number of aliphatic hydroxyl groups is 1. The molecular weight excluding hydrogens is 255 g/mol. The van der Waals surface area contributed by atoms with Crippen molar-refractivity contribution in [3.05, 3.63) is 34.9 Å². The first-order valence-electron chi connectivity index (χ1n) is 5.04. The molecule has 0 fully saturated rings. The summed E-state index contributed by atoms with van der Waals surface area (Å²) in [6, 6.07) is 6.48. The van der Waals surface area contributed by atoms with Crippen molar-refractivity contribution in [2.75, 3.05) is 6.54 Å². The predicted octanol–water partition coefficient (Wildman–Crippen LogP) is 2.91.